The molecule has 130 valence electrons. The predicted octanol–water partition coefficient (Wildman–Crippen LogP) is 4.39. The minimum atomic E-state index is -4.11. The number of sulfonamides is 1. The van der Waals surface area contributed by atoms with Crippen molar-refractivity contribution in [2.45, 2.75) is 18.7 Å². The van der Waals surface area contributed by atoms with Gasteiger partial charge in [-0.15, -0.1) is 0 Å². The fourth-order valence-electron chi connectivity index (χ4n) is 1.78. The van der Waals surface area contributed by atoms with Crippen molar-refractivity contribution >= 4 is 67.3 Å². The molecule has 0 unspecified atom stereocenters. The van der Waals surface area contributed by atoms with Gasteiger partial charge in [-0.25, -0.2) is 18.2 Å². The summed E-state index contributed by atoms with van der Waals surface area (Å²) >= 11 is 18.5. The lowest BCUT2D eigenvalue weighted by molar-refractivity contribution is 0.0531. The smallest absolute Gasteiger partial charge is 0.350 e. The van der Waals surface area contributed by atoms with Crippen molar-refractivity contribution in [1.82, 2.24) is 4.98 Å². The van der Waals surface area contributed by atoms with E-state index in [1.807, 2.05) is 0 Å². The Labute approximate surface area is 157 Å². The highest BCUT2D eigenvalue weighted by Crippen LogP contribution is 2.34. The second-order valence-corrected chi connectivity index (χ2v) is 8.33. The van der Waals surface area contributed by atoms with Crippen molar-refractivity contribution in [2.75, 3.05) is 11.3 Å². The molecule has 6 nitrogen and oxygen atoms in total. The average Bonchev–Trinajstić information content (AvgIpc) is 2.77. The molecule has 0 saturated carbocycles. The molecule has 0 aliphatic heterocycles. The van der Waals surface area contributed by atoms with Crippen LogP contribution >= 0.6 is 46.1 Å². The predicted molar refractivity (Wildman–Crippen MR) is 95.1 cm³/mol. The third-order valence-electron chi connectivity index (χ3n) is 2.71. The highest BCUT2D eigenvalue weighted by molar-refractivity contribution is 7.93. The van der Waals surface area contributed by atoms with Crippen molar-refractivity contribution in [2.24, 2.45) is 0 Å². The van der Waals surface area contributed by atoms with E-state index in [4.69, 9.17) is 39.5 Å². The Morgan fingerprint density at radius 3 is 2.42 bits per heavy atom. The lowest BCUT2D eigenvalue weighted by Gasteiger charge is -2.09. The van der Waals surface area contributed by atoms with Gasteiger partial charge in [0.25, 0.3) is 10.0 Å². The van der Waals surface area contributed by atoms with Crippen LogP contribution in [0.2, 0.25) is 15.1 Å². The second kappa shape index (κ2) is 7.45. The number of halogens is 3. The molecule has 0 amide bonds. The first-order chi connectivity index (χ1) is 11.2. The normalized spacial score (nSPS) is 11.4. The second-order valence-electron chi connectivity index (χ2n) is 4.46. The average molecular weight is 430 g/mol. The molecule has 11 heteroatoms. The molecule has 0 aliphatic rings. The monoisotopic (exact) mass is 428 g/mol. The summed E-state index contributed by atoms with van der Waals surface area (Å²) in [5.74, 6) is -0.569. The standard InChI is InChI=1S/C13H11Cl3N2O4S2/c1-3-22-12(19)10-6(2)17-13(23-10)18-24(20,21)11-8(15)4-7(14)5-9(11)16/h4-5H,3H2,1-2H3,(H,17,18). The largest absolute Gasteiger partial charge is 0.462 e. The van der Waals surface area contributed by atoms with Crippen molar-refractivity contribution in [1.29, 1.82) is 0 Å². The molecular weight excluding hydrogens is 419 g/mol. The molecule has 1 aromatic carbocycles. The van der Waals surface area contributed by atoms with Crippen LogP contribution in [0.25, 0.3) is 0 Å². The van der Waals surface area contributed by atoms with Gasteiger partial charge in [-0.2, -0.15) is 0 Å². The van der Waals surface area contributed by atoms with E-state index in [2.05, 4.69) is 9.71 Å². The highest BCUT2D eigenvalue weighted by Gasteiger charge is 2.25. The highest BCUT2D eigenvalue weighted by atomic mass is 35.5. The van der Waals surface area contributed by atoms with Crippen LogP contribution in [0, 0.1) is 6.92 Å². The summed E-state index contributed by atoms with van der Waals surface area (Å²) in [6.45, 7) is 3.44. The fraction of sp³-hybridized carbons (Fsp3) is 0.231. The van der Waals surface area contributed by atoms with Crippen molar-refractivity contribution in [3.8, 4) is 0 Å². The maximum absolute atomic E-state index is 12.5. The molecule has 0 bridgehead atoms. The van der Waals surface area contributed by atoms with Gasteiger partial charge in [-0.05, 0) is 26.0 Å². The summed E-state index contributed by atoms with van der Waals surface area (Å²) in [7, 11) is -4.11. The van der Waals surface area contributed by atoms with E-state index in [9.17, 15) is 13.2 Å². The Balaban J connectivity index is 2.38. The number of benzene rings is 1. The van der Waals surface area contributed by atoms with Crippen LogP contribution in [0.1, 0.15) is 22.3 Å². The van der Waals surface area contributed by atoms with E-state index in [0.717, 1.165) is 11.3 Å². The number of aromatic nitrogens is 1. The quantitative estimate of drug-likeness (QED) is 0.712. The first kappa shape index (κ1) is 19.3. The van der Waals surface area contributed by atoms with Crippen molar-refractivity contribution in [3.05, 3.63) is 37.8 Å². The molecule has 24 heavy (non-hydrogen) atoms. The van der Waals surface area contributed by atoms with E-state index >= 15 is 0 Å². The number of aryl methyl sites for hydroxylation is 1. The molecule has 2 rings (SSSR count). The van der Waals surface area contributed by atoms with E-state index in [0.29, 0.717) is 5.69 Å². The number of carbonyl (C=O) groups excluding carboxylic acids is 1. The SMILES string of the molecule is CCOC(=O)c1sc(NS(=O)(=O)c2c(Cl)cc(Cl)cc2Cl)nc1C. The van der Waals surface area contributed by atoms with E-state index in [1.165, 1.54) is 12.1 Å². The van der Waals surface area contributed by atoms with Crippen molar-refractivity contribution in [3.63, 3.8) is 0 Å². The summed E-state index contributed by atoms with van der Waals surface area (Å²) in [5.41, 5.74) is 0.351. The molecular formula is C13H11Cl3N2O4S2. The number of anilines is 1. The number of nitrogens with zero attached hydrogens (tertiary/aromatic N) is 1. The summed E-state index contributed by atoms with van der Waals surface area (Å²) in [4.78, 5) is 15.7. The molecule has 1 heterocycles. The van der Waals surface area contributed by atoms with Crippen LogP contribution in [0.15, 0.2) is 17.0 Å². The van der Waals surface area contributed by atoms with E-state index < -0.39 is 16.0 Å². The topological polar surface area (TPSA) is 85.4 Å². The molecule has 0 atom stereocenters. The molecule has 0 saturated heterocycles. The molecule has 1 N–H and O–H groups in total. The van der Waals surface area contributed by atoms with Crippen LogP contribution in [0.3, 0.4) is 0 Å². The molecule has 0 spiro atoms. The van der Waals surface area contributed by atoms with Crippen LogP contribution in [-0.2, 0) is 14.8 Å². The third kappa shape index (κ3) is 4.12. The number of thiazole rings is 1. The molecule has 0 fully saturated rings. The Morgan fingerprint density at radius 2 is 1.88 bits per heavy atom. The van der Waals surface area contributed by atoms with Gasteiger partial charge in [0.2, 0.25) is 0 Å². The summed E-state index contributed by atoms with van der Waals surface area (Å²) in [5, 5.41) is -0.0472. The van der Waals surface area contributed by atoms with E-state index in [1.54, 1.807) is 13.8 Å². The number of rotatable bonds is 5. The maximum atomic E-state index is 12.5. The van der Waals surface area contributed by atoms with Gasteiger partial charge < -0.3 is 4.74 Å². The summed E-state index contributed by atoms with van der Waals surface area (Å²) < 4.78 is 32.1. The summed E-state index contributed by atoms with van der Waals surface area (Å²) in [6, 6.07) is 2.53. The number of hydrogen-bond donors (Lipinski definition) is 1. The minimum Gasteiger partial charge on any atom is -0.462 e. The van der Waals surface area contributed by atoms with Gasteiger partial charge in [0.1, 0.15) is 9.77 Å². The molecule has 0 aliphatic carbocycles. The number of carbonyl (C=O) groups is 1. The van der Waals surface area contributed by atoms with Crippen LogP contribution < -0.4 is 4.72 Å². The van der Waals surface area contributed by atoms with Gasteiger partial charge in [0.15, 0.2) is 5.13 Å². The minimum absolute atomic E-state index is 0.00219. The number of hydrogen-bond acceptors (Lipinski definition) is 6. The number of esters is 1. The zero-order chi connectivity index (χ0) is 18.1. The number of nitrogens with one attached hydrogen (secondary N) is 1. The van der Waals surface area contributed by atoms with Crippen LogP contribution in [0.5, 0.6) is 0 Å². The lowest BCUT2D eigenvalue weighted by Crippen LogP contribution is -2.14. The zero-order valence-electron chi connectivity index (χ0n) is 12.4. The van der Waals surface area contributed by atoms with Gasteiger partial charge >= 0.3 is 5.97 Å². The van der Waals surface area contributed by atoms with E-state index in [-0.39, 0.29) is 36.6 Å². The van der Waals surface area contributed by atoms with Gasteiger partial charge in [0, 0.05) is 5.02 Å². The Morgan fingerprint density at radius 1 is 1.29 bits per heavy atom. The molecule has 0 radical (unpaired) electrons. The lowest BCUT2D eigenvalue weighted by atomic mass is 10.4. The molecule has 2 aromatic rings. The first-order valence-electron chi connectivity index (χ1n) is 6.47. The number of ether oxygens (including phenoxy) is 1. The Hall–Kier alpha value is -1.06. The Bertz CT molecular complexity index is 874. The van der Waals surface area contributed by atoms with Gasteiger partial charge in [-0.1, -0.05) is 46.1 Å². The van der Waals surface area contributed by atoms with Crippen molar-refractivity contribution < 1.29 is 17.9 Å². The first-order valence-corrected chi connectivity index (χ1v) is 9.91. The summed E-state index contributed by atoms with van der Waals surface area (Å²) in [6.07, 6.45) is 0. The fourth-order valence-corrected chi connectivity index (χ4v) is 5.42. The van der Waals surface area contributed by atoms with Crippen LogP contribution in [-0.4, -0.2) is 26.0 Å². The van der Waals surface area contributed by atoms with Crippen LogP contribution in [0.4, 0.5) is 5.13 Å². The zero-order valence-corrected chi connectivity index (χ0v) is 16.3. The van der Waals surface area contributed by atoms with Gasteiger partial charge in [-0.3, -0.25) is 4.72 Å². The van der Waals surface area contributed by atoms with Gasteiger partial charge in [0.05, 0.1) is 22.3 Å². The Kier molecular flexibility index (Phi) is 5.98. The third-order valence-corrected chi connectivity index (χ3v) is 6.37. The maximum Gasteiger partial charge on any atom is 0.350 e. The molecule has 1 aromatic heterocycles.